The van der Waals surface area contributed by atoms with Crippen molar-refractivity contribution in [1.82, 2.24) is 0 Å². The van der Waals surface area contributed by atoms with Crippen LogP contribution in [0.3, 0.4) is 0 Å². The molecule has 0 bridgehead atoms. The van der Waals surface area contributed by atoms with Gasteiger partial charge in [0.25, 0.3) is 5.69 Å². The van der Waals surface area contributed by atoms with E-state index in [1.807, 2.05) is 0 Å². The van der Waals surface area contributed by atoms with Crippen LogP contribution < -0.4 is 0 Å². The zero-order valence-corrected chi connectivity index (χ0v) is 8.27. The third-order valence-corrected chi connectivity index (χ3v) is 2.23. The fourth-order valence-electron chi connectivity index (χ4n) is 0.935. The van der Waals surface area contributed by atoms with Gasteiger partial charge in [0, 0.05) is 17.5 Å². The highest BCUT2D eigenvalue weighted by Crippen LogP contribution is 2.20. The van der Waals surface area contributed by atoms with Crippen LogP contribution in [0.15, 0.2) is 24.3 Å². The van der Waals surface area contributed by atoms with Crippen LogP contribution in [0.1, 0.15) is 11.7 Å². The zero-order chi connectivity index (χ0) is 9.84. The van der Waals surface area contributed by atoms with Crippen LogP contribution in [0.2, 0.25) is 0 Å². The molecule has 0 amide bonds. The number of nitrogens with zero attached hydrogens (tertiary/aromatic N) is 1. The first-order chi connectivity index (χ1) is 6.15. The van der Waals surface area contributed by atoms with E-state index in [-0.39, 0.29) is 5.69 Å². The van der Waals surface area contributed by atoms with Crippen molar-refractivity contribution in [3.63, 3.8) is 0 Å². The lowest BCUT2D eigenvalue weighted by atomic mass is 10.1. The largest absolute Gasteiger partial charge is 0.388 e. The van der Waals surface area contributed by atoms with Crippen LogP contribution in [0.25, 0.3) is 0 Å². The zero-order valence-electron chi connectivity index (χ0n) is 6.68. The Kier molecular flexibility index (Phi) is 3.39. The monoisotopic (exact) mass is 245 g/mol. The smallest absolute Gasteiger partial charge is 0.269 e. The van der Waals surface area contributed by atoms with E-state index in [1.54, 1.807) is 12.1 Å². The minimum absolute atomic E-state index is 0.00231. The van der Waals surface area contributed by atoms with Gasteiger partial charge in [-0.25, -0.2) is 0 Å². The second kappa shape index (κ2) is 4.34. The number of nitro groups is 1. The van der Waals surface area contributed by atoms with Gasteiger partial charge in [-0.05, 0) is 5.56 Å². The number of halogens is 1. The average Bonchev–Trinajstić information content (AvgIpc) is 2.17. The Labute approximate surface area is 83.5 Å². The summed E-state index contributed by atoms with van der Waals surface area (Å²) in [7, 11) is 0. The van der Waals surface area contributed by atoms with Gasteiger partial charge in [0.1, 0.15) is 0 Å². The van der Waals surface area contributed by atoms with Crippen molar-refractivity contribution < 1.29 is 10.0 Å². The van der Waals surface area contributed by atoms with Crippen LogP contribution in [-0.4, -0.2) is 15.4 Å². The summed E-state index contributed by atoms with van der Waals surface area (Å²) in [5.74, 6) is 0. The molecule has 1 aromatic rings. The molecule has 0 heterocycles. The number of alkyl halides is 1. The van der Waals surface area contributed by atoms with Crippen molar-refractivity contribution in [2.75, 3.05) is 5.33 Å². The molecule has 0 aromatic heterocycles. The maximum atomic E-state index is 10.4. The molecule has 0 saturated heterocycles. The molecule has 1 unspecified atom stereocenters. The number of benzene rings is 1. The van der Waals surface area contributed by atoms with Crippen LogP contribution in [0.4, 0.5) is 5.69 Å². The number of nitro benzene ring substituents is 1. The quantitative estimate of drug-likeness (QED) is 0.504. The Morgan fingerprint density at radius 1 is 1.62 bits per heavy atom. The molecule has 1 aromatic carbocycles. The molecule has 13 heavy (non-hydrogen) atoms. The lowest BCUT2D eigenvalue weighted by Gasteiger charge is -2.05. The van der Waals surface area contributed by atoms with Gasteiger partial charge in [-0.15, -0.1) is 0 Å². The predicted molar refractivity (Wildman–Crippen MR) is 51.9 cm³/mol. The summed E-state index contributed by atoms with van der Waals surface area (Å²) in [4.78, 5) is 9.89. The Balaban J connectivity index is 2.98. The van der Waals surface area contributed by atoms with Gasteiger partial charge in [0.15, 0.2) is 0 Å². The van der Waals surface area contributed by atoms with Gasteiger partial charge in [-0.2, -0.15) is 0 Å². The molecular formula is C8H8BrNO3. The van der Waals surface area contributed by atoms with E-state index in [0.29, 0.717) is 10.9 Å². The molecule has 0 spiro atoms. The molecule has 70 valence electrons. The molecule has 0 fully saturated rings. The van der Waals surface area contributed by atoms with Crippen molar-refractivity contribution >= 4 is 21.6 Å². The molecule has 0 aliphatic carbocycles. The molecule has 0 aliphatic heterocycles. The molecule has 0 aliphatic rings. The Bertz CT molecular complexity index is 316. The normalized spacial score (nSPS) is 12.5. The fourth-order valence-corrected chi connectivity index (χ4v) is 1.31. The molecule has 0 radical (unpaired) electrons. The molecule has 5 heteroatoms. The van der Waals surface area contributed by atoms with E-state index in [4.69, 9.17) is 0 Å². The maximum absolute atomic E-state index is 10.4. The number of rotatable bonds is 3. The minimum Gasteiger partial charge on any atom is -0.388 e. The van der Waals surface area contributed by atoms with Crippen LogP contribution in [-0.2, 0) is 0 Å². The summed E-state index contributed by atoms with van der Waals surface area (Å²) in [5, 5.41) is 20.1. The highest BCUT2D eigenvalue weighted by Gasteiger charge is 2.10. The SMILES string of the molecule is O=[N+]([O-])c1cccc(C(O)CBr)c1. The molecule has 1 N–H and O–H groups in total. The van der Waals surface area contributed by atoms with E-state index in [2.05, 4.69) is 15.9 Å². The second-order valence-corrected chi connectivity index (χ2v) is 3.17. The molecule has 4 nitrogen and oxygen atoms in total. The number of non-ortho nitro benzene ring substituents is 1. The standard InChI is InChI=1S/C8H8BrNO3/c9-5-8(11)6-2-1-3-7(4-6)10(12)13/h1-4,8,11H,5H2. The van der Waals surface area contributed by atoms with Gasteiger partial charge in [0.05, 0.1) is 11.0 Å². The Morgan fingerprint density at radius 2 is 2.31 bits per heavy atom. The second-order valence-electron chi connectivity index (χ2n) is 2.52. The first-order valence-corrected chi connectivity index (χ1v) is 4.75. The third-order valence-electron chi connectivity index (χ3n) is 1.61. The number of aliphatic hydroxyl groups excluding tert-OH is 1. The van der Waals surface area contributed by atoms with Crippen LogP contribution >= 0.6 is 15.9 Å². The lowest BCUT2D eigenvalue weighted by molar-refractivity contribution is -0.385. The molecule has 0 saturated carbocycles. The van der Waals surface area contributed by atoms with Gasteiger partial charge >= 0.3 is 0 Å². The maximum Gasteiger partial charge on any atom is 0.269 e. The van der Waals surface area contributed by atoms with E-state index < -0.39 is 11.0 Å². The predicted octanol–water partition coefficient (Wildman–Crippen LogP) is 2.02. The van der Waals surface area contributed by atoms with E-state index in [0.717, 1.165) is 0 Å². The fraction of sp³-hybridized carbons (Fsp3) is 0.250. The van der Waals surface area contributed by atoms with Gasteiger partial charge in [-0.1, -0.05) is 28.1 Å². The number of hydrogen-bond acceptors (Lipinski definition) is 3. The van der Waals surface area contributed by atoms with Crippen molar-refractivity contribution in [2.24, 2.45) is 0 Å². The topological polar surface area (TPSA) is 63.4 Å². The molecular weight excluding hydrogens is 238 g/mol. The van der Waals surface area contributed by atoms with E-state index in [1.165, 1.54) is 12.1 Å². The van der Waals surface area contributed by atoms with Gasteiger partial charge in [0.2, 0.25) is 0 Å². The van der Waals surface area contributed by atoms with E-state index >= 15 is 0 Å². The van der Waals surface area contributed by atoms with Crippen molar-refractivity contribution in [3.05, 3.63) is 39.9 Å². The van der Waals surface area contributed by atoms with Crippen molar-refractivity contribution in [1.29, 1.82) is 0 Å². The summed E-state index contributed by atoms with van der Waals surface area (Å²) in [6.07, 6.45) is -0.695. The summed E-state index contributed by atoms with van der Waals surface area (Å²) in [6.45, 7) is 0. The van der Waals surface area contributed by atoms with E-state index in [9.17, 15) is 15.2 Å². The summed E-state index contributed by atoms with van der Waals surface area (Å²) in [5.41, 5.74) is 0.545. The van der Waals surface area contributed by atoms with Crippen molar-refractivity contribution in [2.45, 2.75) is 6.10 Å². The van der Waals surface area contributed by atoms with Gasteiger partial charge in [-0.3, -0.25) is 10.1 Å². The Hall–Kier alpha value is -0.940. The first-order valence-electron chi connectivity index (χ1n) is 3.63. The van der Waals surface area contributed by atoms with Gasteiger partial charge < -0.3 is 5.11 Å². The van der Waals surface area contributed by atoms with Crippen molar-refractivity contribution in [3.8, 4) is 0 Å². The third kappa shape index (κ3) is 2.50. The number of aliphatic hydroxyl groups is 1. The number of hydrogen-bond donors (Lipinski definition) is 1. The molecule has 1 atom stereocenters. The summed E-state index contributed by atoms with van der Waals surface area (Å²) >= 11 is 3.09. The van der Waals surface area contributed by atoms with Crippen LogP contribution in [0, 0.1) is 10.1 Å². The summed E-state index contributed by atoms with van der Waals surface area (Å²) in [6, 6.07) is 5.97. The van der Waals surface area contributed by atoms with Crippen LogP contribution in [0.5, 0.6) is 0 Å². The average molecular weight is 246 g/mol. The highest BCUT2D eigenvalue weighted by molar-refractivity contribution is 9.09. The minimum atomic E-state index is -0.695. The first kappa shape index (κ1) is 10.1. The highest BCUT2D eigenvalue weighted by atomic mass is 79.9. The lowest BCUT2D eigenvalue weighted by Crippen LogP contribution is -1.99. The summed E-state index contributed by atoms with van der Waals surface area (Å²) < 4.78 is 0. The molecule has 1 rings (SSSR count). The Morgan fingerprint density at radius 3 is 2.85 bits per heavy atom.